The van der Waals surface area contributed by atoms with Crippen molar-refractivity contribution in [3.8, 4) is 0 Å². The number of carboxylic acids is 1. The Morgan fingerprint density at radius 2 is 1.85 bits per heavy atom. The largest absolute Gasteiger partial charge is 0.478 e. The zero-order chi connectivity index (χ0) is 18.5. The quantitative estimate of drug-likeness (QED) is 0.830. The number of alkyl halides is 3. The third-order valence-corrected chi connectivity index (χ3v) is 5.73. The fraction of sp³-hybridized carbons (Fsp3) is 0.579. The Balaban J connectivity index is 1.56. The molecule has 0 atom stereocenters. The SMILES string of the molecule is O=C(O)c1ccc2c(C3CC3)n(CC3CCC(C(F)(F)F)CC3)nc2c1. The molecular weight excluding hydrogens is 345 g/mol. The van der Waals surface area contributed by atoms with Crippen molar-refractivity contribution in [2.45, 2.75) is 57.2 Å². The molecule has 140 valence electrons. The van der Waals surface area contributed by atoms with Crippen LogP contribution in [0.4, 0.5) is 13.2 Å². The maximum atomic E-state index is 12.9. The highest BCUT2D eigenvalue weighted by Gasteiger charge is 2.41. The minimum Gasteiger partial charge on any atom is -0.478 e. The van der Waals surface area contributed by atoms with Gasteiger partial charge in [0, 0.05) is 23.5 Å². The number of carboxylic acid groups (broad SMARTS) is 1. The second kappa shape index (κ2) is 6.28. The molecule has 0 amide bonds. The van der Waals surface area contributed by atoms with Gasteiger partial charge < -0.3 is 5.11 Å². The van der Waals surface area contributed by atoms with Gasteiger partial charge in [-0.1, -0.05) is 6.07 Å². The van der Waals surface area contributed by atoms with E-state index in [-0.39, 0.29) is 24.3 Å². The highest BCUT2D eigenvalue weighted by atomic mass is 19.4. The van der Waals surface area contributed by atoms with Crippen molar-refractivity contribution in [1.29, 1.82) is 0 Å². The van der Waals surface area contributed by atoms with Gasteiger partial charge >= 0.3 is 12.1 Å². The molecule has 2 aliphatic rings. The van der Waals surface area contributed by atoms with Crippen LogP contribution >= 0.6 is 0 Å². The fourth-order valence-electron chi connectivity index (χ4n) is 4.13. The first-order chi connectivity index (χ1) is 12.3. The lowest BCUT2D eigenvalue weighted by Gasteiger charge is -2.30. The first-order valence-electron chi connectivity index (χ1n) is 9.13. The Kier molecular flexibility index (Phi) is 4.20. The average molecular weight is 366 g/mol. The molecule has 0 radical (unpaired) electrons. The van der Waals surface area contributed by atoms with Crippen LogP contribution in [0.1, 0.15) is 60.5 Å². The third-order valence-electron chi connectivity index (χ3n) is 5.73. The zero-order valence-electron chi connectivity index (χ0n) is 14.3. The van der Waals surface area contributed by atoms with E-state index in [4.69, 9.17) is 5.11 Å². The Bertz CT molecular complexity index is 831. The maximum absolute atomic E-state index is 12.9. The van der Waals surface area contributed by atoms with Crippen molar-refractivity contribution >= 4 is 16.9 Å². The summed E-state index contributed by atoms with van der Waals surface area (Å²) in [7, 11) is 0. The zero-order valence-corrected chi connectivity index (χ0v) is 14.3. The van der Waals surface area contributed by atoms with Gasteiger partial charge in [0.1, 0.15) is 0 Å². The van der Waals surface area contributed by atoms with Gasteiger partial charge in [0.2, 0.25) is 0 Å². The molecule has 26 heavy (non-hydrogen) atoms. The monoisotopic (exact) mass is 366 g/mol. The Labute approximate surface area is 149 Å². The molecule has 0 aliphatic heterocycles. The van der Waals surface area contributed by atoms with Gasteiger partial charge in [-0.2, -0.15) is 18.3 Å². The van der Waals surface area contributed by atoms with E-state index >= 15 is 0 Å². The van der Waals surface area contributed by atoms with Crippen LogP contribution < -0.4 is 0 Å². The second-order valence-electron chi connectivity index (χ2n) is 7.64. The summed E-state index contributed by atoms with van der Waals surface area (Å²) in [5, 5.41) is 14.8. The lowest BCUT2D eigenvalue weighted by Crippen LogP contribution is -2.29. The second-order valence-corrected chi connectivity index (χ2v) is 7.64. The topological polar surface area (TPSA) is 55.1 Å². The number of fused-ring (bicyclic) bond motifs is 1. The Morgan fingerprint density at radius 1 is 1.15 bits per heavy atom. The van der Waals surface area contributed by atoms with Crippen molar-refractivity contribution < 1.29 is 23.1 Å². The smallest absolute Gasteiger partial charge is 0.391 e. The molecule has 2 saturated carbocycles. The molecule has 1 N–H and O–H groups in total. The molecule has 4 nitrogen and oxygen atoms in total. The molecule has 2 aliphatic carbocycles. The van der Waals surface area contributed by atoms with E-state index in [1.807, 2.05) is 10.7 Å². The van der Waals surface area contributed by atoms with Crippen LogP contribution in [0.15, 0.2) is 18.2 Å². The lowest BCUT2D eigenvalue weighted by atomic mass is 9.81. The number of carbonyl (C=O) groups is 1. The fourth-order valence-corrected chi connectivity index (χ4v) is 4.13. The van der Waals surface area contributed by atoms with Crippen LogP contribution in [0, 0.1) is 11.8 Å². The Hall–Kier alpha value is -2.05. The van der Waals surface area contributed by atoms with Gasteiger partial charge in [0.15, 0.2) is 0 Å². The summed E-state index contributed by atoms with van der Waals surface area (Å²) >= 11 is 0. The van der Waals surface area contributed by atoms with Crippen LogP contribution in [0.25, 0.3) is 10.9 Å². The molecule has 1 aromatic heterocycles. The van der Waals surface area contributed by atoms with Crippen molar-refractivity contribution in [2.24, 2.45) is 11.8 Å². The minimum atomic E-state index is -4.09. The van der Waals surface area contributed by atoms with Gasteiger partial charge in [0.25, 0.3) is 0 Å². The predicted molar refractivity (Wildman–Crippen MR) is 90.2 cm³/mol. The number of halogens is 3. The molecule has 0 saturated heterocycles. The van der Waals surface area contributed by atoms with E-state index in [1.54, 1.807) is 12.1 Å². The first-order valence-corrected chi connectivity index (χ1v) is 9.13. The first kappa shape index (κ1) is 17.4. The molecule has 4 rings (SSSR count). The standard InChI is InChI=1S/C19H21F3N2O2/c20-19(21,22)14-6-1-11(2-7-14)10-24-17(12-3-4-12)15-8-5-13(18(25)26)9-16(15)23-24/h5,8-9,11-12,14H,1-4,6-7,10H2,(H,25,26). The Morgan fingerprint density at radius 3 is 2.42 bits per heavy atom. The van der Waals surface area contributed by atoms with E-state index in [0.717, 1.165) is 23.9 Å². The van der Waals surface area contributed by atoms with E-state index < -0.39 is 18.1 Å². The minimum absolute atomic E-state index is 0.191. The highest BCUT2D eigenvalue weighted by molar-refractivity contribution is 5.94. The number of hydrogen-bond acceptors (Lipinski definition) is 2. The van der Waals surface area contributed by atoms with Gasteiger partial charge in [0.05, 0.1) is 17.0 Å². The van der Waals surface area contributed by atoms with E-state index in [1.165, 1.54) is 0 Å². The molecule has 2 fully saturated rings. The molecule has 0 spiro atoms. The molecule has 1 heterocycles. The van der Waals surface area contributed by atoms with Crippen LogP contribution in [-0.2, 0) is 6.54 Å². The molecule has 0 unspecified atom stereocenters. The number of aromatic carboxylic acids is 1. The van der Waals surface area contributed by atoms with Crippen molar-refractivity contribution in [1.82, 2.24) is 9.78 Å². The molecule has 7 heteroatoms. The van der Waals surface area contributed by atoms with Crippen LogP contribution in [0.3, 0.4) is 0 Å². The maximum Gasteiger partial charge on any atom is 0.391 e. The highest BCUT2D eigenvalue weighted by Crippen LogP contribution is 2.45. The summed E-state index contributed by atoms with van der Waals surface area (Å²) in [6, 6.07) is 4.99. The number of hydrogen-bond donors (Lipinski definition) is 1. The third kappa shape index (κ3) is 3.31. The summed E-state index contributed by atoms with van der Waals surface area (Å²) in [5.41, 5.74) is 1.99. The van der Waals surface area contributed by atoms with E-state index in [0.29, 0.717) is 30.8 Å². The summed E-state index contributed by atoms with van der Waals surface area (Å²) in [6.07, 6.45) is -0.411. The summed E-state index contributed by atoms with van der Waals surface area (Å²) in [4.78, 5) is 11.2. The molecule has 0 bridgehead atoms. The molecule has 2 aromatic rings. The van der Waals surface area contributed by atoms with Crippen LogP contribution in [0.2, 0.25) is 0 Å². The predicted octanol–water partition coefficient (Wildman–Crippen LogP) is 4.98. The summed E-state index contributed by atoms with van der Waals surface area (Å²) in [6.45, 7) is 0.619. The van der Waals surface area contributed by atoms with Gasteiger partial charge in [-0.15, -0.1) is 0 Å². The molecule has 1 aromatic carbocycles. The van der Waals surface area contributed by atoms with Crippen molar-refractivity contribution in [3.63, 3.8) is 0 Å². The van der Waals surface area contributed by atoms with Crippen LogP contribution in [0.5, 0.6) is 0 Å². The summed E-state index contributed by atoms with van der Waals surface area (Å²) in [5.74, 6) is -1.53. The normalized spacial score (nSPS) is 24.1. The van der Waals surface area contributed by atoms with E-state index in [9.17, 15) is 18.0 Å². The van der Waals surface area contributed by atoms with Gasteiger partial charge in [-0.05, 0) is 56.6 Å². The van der Waals surface area contributed by atoms with Crippen molar-refractivity contribution in [2.75, 3.05) is 0 Å². The number of aromatic nitrogens is 2. The number of benzene rings is 1. The van der Waals surface area contributed by atoms with E-state index in [2.05, 4.69) is 5.10 Å². The van der Waals surface area contributed by atoms with Gasteiger partial charge in [-0.3, -0.25) is 4.68 Å². The molecular formula is C19H21F3N2O2. The van der Waals surface area contributed by atoms with Crippen molar-refractivity contribution in [3.05, 3.63) is 29.5 Å². The van der Waals surface area contributed by atoms with Gasteiger partial charge in [-0.25, -0.2) is 4.79 Å². The van der Waals surface area contributed by atoms with Crippen LogP contribution in [-0.4, -0.2) is 27.0 Å². The number of rotatable bonds is 4. The number of nitrogens with zero attached hydrogens (tertiary/aromatic N) is 2. The average Bonchev–Trinajstić information content (AvgIpc) is 3.35. The lowest BCUT2D eigenvalue weighted by molar-refractivity contribution is -0.184. The summed E-state index contributed by atoms with van der Waals surface area (Å²) < 4.78 is 40.5.